The van der Waals surface area contributed by atoms with Gasteiger partial charge in [0, 0.05) is 19.3 Å². The number of hydrogen-bond acceptors (Lipinski definition) is 1. The van der Waals surface area contributed by atoms with Gasteiger partial charge in [0.25, 0.3) is 0 Å². The second kappa shape index (κ2) is 3.61. The molecule has 0 bridgehead atoms. The van der Waals surface area contributed by atoms with E-state index in [1.165, 1.54) is 23.3 Å². The summed E-state index contributed by atoms with van der Waals surface area (Å²) in [5, 5.41) is 0. The minimum Gasteiger partial charge on any atom is -0.378 e. The second-order valence-corrected chi connectivity index (χ2v) is 3.37. The molecule has 0 aromatic heterocycles. The van der Waals surface area contributed by atoms with E-state index in [2.05, 4.69) is 38.5 Å². The SMILES string of the molecule is C=C/C(C)=C\C1=C(C)N(C)CC1. The van der Waals surface area contributed by atoms with Crippen molar-refractivity contribution in [3.63, 3.8) is 0 Å². The minimum absolute atomic E-state index is 1.15. The smallest absolute Gasteiger partial charge is 0.0212 e. The van der Waals surface area contributed by atoms with E-state index in [-0.39, 0.29) is 0 Å². The number of allylic oxidation sites excluding steroid dienone is 4. The molecule has 1 aliphatic rings. The molecule has 0 saturated heterocycles. The molecular weight excluding hydrogens is 146 g/mol. The Hall–Kier alpha value is -0.980. The summed E-state index contributed by atoms with van der Waals surface area (Å²) in [5.41, 5.74) is 4.10. The van der Waals surface area contributed by atoms with Crippen molar-refractivity contribution in [3.05, 3.63) is 35.6 Å². The first-order valence-electron chi connectivity index (χ1n) is 4.36. The predicted molar refractivity (Wildman–Crippen MR) is 53.9 cm³/mol. The van der Waals surface area contributed by atoms with E-state index >= 15 is 0 Å². The molecule has 0 aromatic carbocycles. The zero-order chi connectivity index (χ0) is 9.14. The van der Waals surface area contributed by atoms with Gasteiger partial charge >= 0.3 is 0 Å². The summed E-state index contributed by atoms with van der Waals surface area (Å²) in [4.78, 5) is 2.29. The molecule has 12 heavy (non-hydrogen) atoms. The van der Waals surface area contributed by atoms with Gasteiger partial charge in [0.1, 0.15) is 0 Å². The van der Waals surface area contributed by atoms with Crippen LogP contribution in [0.3, 0.4) is 0 Å². The number of nitrogens with zero attached hydrogens (tertiary/aromatic N) is 1. The Balaban J connectivity index is 2.83. The van der Waals surface area contributed by atoms with E-state index < -0.39 is 0 Å². The average molecular weight is 163 g/mol. The molecule has 1 aliphatic heterocycles. The molecule has 0 fully saturated rings. The molecule has 0 radical (unpaired) electrons. The van der Waals surface area contributed by atoms with Gasteiger partial charge < -0.3 is 4.90 Å². The molecule has 1 nitrogen and oxygen atoms in total. The Kier molecular flexibility index (Phi) is 2.74. The molecule has 0 aliphatic carbocycles. The van der Waals surface area contributed by atoms with Gasteiger partial charge in [-0.3, -0.25) is 0 Å². The Morgan fingerprint density at radius 3 is 2.67 bits per heavy atom. The quantitative estimate of drug-likeness (QED) is 0.566. The summed E-state index contributed by atoms with van der Waals surface area (Å²) < 4.78 is 0. The van der Waals surface area contributed by atoms with Gasteiger partial charge in [-0.05, 0) is 25.8 Å². The van der Waals surface area contributed by atoms with Gasteiger partial charge in [0.15, 0.2) is 0 Å². The van der Waals surface area contributed by atoms with Gasteiger partial charge in [-0.1, -0.05) is 24.3 Å². The van der Waals surface area contributed by atoms with Crippen molar-refractivity contribution in [2.45, 2.75) is 20.3 Å². The molecular formula is C11H17N. The highest BCUT2D eigenvalue weighted by molar-refractivity contribution is 5.33. The molecule has 0 atom stereocenters. The third kappa shape index (κ3) is 1.79. The van der Waals surface area contributed by atoms with Crippen LogP contribution in [-0.4, -0.2) is 18.5 Å². The fourth-order valence-corrected chi connectivity index (χ4v) is 1.39. The highest BCUT2D eigenvalue weighted by Gasteiger charge is 2.12. The zero-order valence-corrected chi connectivity index (χ0v) is 8.22. The third-order valence-corrected chi connectivity index (χ3v) is 2.48. The first-order chi connectivity index (χ1) is 5.65. The number of hydrogen-bond donors (Lipinski definition) is 0. The third-order valence-electron chi connectivity index (χ3n) is 2.48. The predicted octanol–water partition coefficient (Wildman–Crippen LogP) is 2.73. The van der Waals surface area contributed by atoms with Crippen LogP contribution in [0, 0.1) is 0 Å². The molecule has 0 amide bonds. The molecule has 1 rings (SSSR count). The van der Waals surface area contributed by atoms with Crippen LogP contribution in [0.15, 0.2) is 35.6 Å². The van der Waals surface area contributed by atoms with Crippen molar-refractivity contribution in [3.8, 4) is 0 Å². The molecule has 0 saturated carbocycles. The van der Waals surface area contributed by atoms with E-state index in [1.807, 2.05) is 6.08 Å². The van der Waals surface area contributed by atoms with Gasteiger partial charge in [-0.2, -0.15) is 0 Å². The average Bonchev–Trinajstić information content (AvgIpc) is 2.36. The molecule has 1 heterocycles. The van der Waals surface area contributed by atoms with E-state index in [4.69, 9.17) is 0 Å². The molecule has 0 N–H and O–H groups in total. The van der Waals surface area contributed by atoms with E-state index in [9.17, 15) is 0 Å². The summed E-state index contributed by atoms with van der Waals surface area (Å²) in [6.45, 7) is 9.16. The summed E-state index contributed by atoms with van der Waals surface area (Å²) in [6, 6.07) is 0. The van der Waals surface area contributed by atoms with E-state index in [1.54, 1.807) is 0 Å². The lowest BCUT2D eigenvalue weighted by molar-refractivity contribution is 0.460. The van der Waals surface area contributed by atoms with E-state index in [0.717, 1.165) is 6.54 Å². The summed E-state index contributed by atoms with van der Waals surface area (Å²) in [5.74, 6) is 0. The molecule has 0 unspecified atom stereocenters. The molecule has 0 aromatic rings. The zero-order valence-electron chi connectivity index (χ0n) is 8.22. The van der Waals surface area contributed by atoms with Gasteiger partial charge in [0.05, 0.1) is 0 Å². The van der Waals surface area contributed by atoms with Crippen LogP contribution >= 0.6 is 0 Å². The Labute approximate surface area is 75.1 Å². The topological polar surface area (TPSA) is 3.24 Å². The molecule has 0 spiro atoms. The summed E-state index contributed by atoms with van der Waals surface area (Å²) in [7, 11) is 2.14. The van der Waals surface area contributed by atoms with Crippen LogP contribution in [0.1, 0.15) is 20.3 Å². The fourth-order valence-electron chi connectivity index (χ4n) is 1.39. The monoisotopic (exact) mass is 163 g/mol. The Bertz CT molecular complexity index is 246. The van der Waals surface area contributed by atoms with Crippen molar-refractivity contribution in [1.29, 1.82) is 0 Å². The van der Waals surface area contributed by atoms with Crippen molar-refractivity contribution in [1.82, 2.24) is 4.90 Å². The van der Waals surface area contributed by atoms with E-state index in [0.29, 0.717) is 0 Å². The second-order valence-electron chi connectivity index (χ2n) is 3.37. The Morgan fingerprint density at radius 1 is 1.58 bits per heavy atom. The first-order valence-corrected chi connectivity index (χ1v) is 4.36. The van der Waals surface area contributed by atoms with Gasteiger partial charge in [-0.15, -0.1) is 0 Å². The van der Waals surface area contributed by atoms with Crippen LogP contribution in [0.25, 0.3) is 0 Å². The van der Waals surface area contributed by atoms with Crippen molar-refractivity contribution >= 4 is 0 Å². The van der Waals surface area contributed by atoms with Gasteiger partial charge in [-0.25, -0.2) is 0 Å². The normalized spacial score (nSPS) is 18.9. The van der Waals surface area contributed by atoms with Crippen LogP contribution in [0.5, 0.6) is 0 Å². The minimum atomic E-state index is 1.15. The van der Waals surface area contributed by atoms with Crippen LogP contribution in [0.2, 0.25) is 0 Å². The van der Waals surface area contributed by atoms with Crippen LogP contribution in [0.4, 0.5) is 0 Å². The highest BCUT2D eigenvalue weighted by Crippen LogP contribution is 2.22. The highest BCUT2D eigenvalue weighted by atomic mass is 15.1. The maximum absolute atomic E-state index is 3.74. The lowest BCUT2D eigenvalue weighted by Crippen LogP contribution is -2.10. The molecule has 66 valence electrons. The standard InChI is InChI=1S/C11H17N/c1-5-9(2)8-11-6-7-12(4)10(11)3/h5,8H,1,6-7H2,2-4H3/b9-8-. The van der Waals surface area contributed by atoms with Crippen molar-refractivity contribution in [2.75, 3.05) is 13.6 Å². The first kappa shape index (κ1) is 9.11. The maximum atomic E-state index is 3.74. The lowest BCUT2D eigenvalue weighted by Gasteiger charge is -2.11. The summed E-state index contributed by atoms with van der Waals surface area (Å²) in [6.07, 6.45) is 5.30. The molecule has 1 heteroatoms. The Morgan fingerprint density at radius 2 is 2.25 bits per heavy atom. The van der Waals surface area contributed by atoms with Crippen LogP contribution in [-0.2, 0) is 0 Å². The van der Waals surface area contributed by atoms with Crippen molar-refractivity contribution in [2.24, 2.45) is 0 Å². The largest absolute Gasteiger partial charge is 0.378 e. The fraction of sp³-hybridized carbons (Fsp3) is 0.455. The van der Waals surface area contributed by atoms with Gasteiger partial charge in [0.2, 0.25) is 0 Å². The lowest BCUT2D eigenvalue weighted by atomic mass is 10.1. The van der Waals surface area contributed by atoms with Crippen LogP contribution < -0.4 is 0 Å². The van der Waals surface area contributed by atoms with Crippen molar-refractivity contribution < 1.29 is 0 Å². The summed E-state index contributed by atoms with van der Waals surface area (Å²) >= 11 is 0. The maximum Gasteiger partial charge on any atom is 0.0212 e. The number of rotatable bonds is 2.